The Morgan fingerprint density at radius 2 is 1.30 bits per heavy atom. The van der Waals surface area contributed by atoms with E-state index in [0.717, 1.165) is 57.8 Å². The minimum Gasteiger partial charge on any atom is -0.387 e. The van der Waals surface area contributed by atoms with Gasteiger partial charge in [-0.3, -0.25) is 9.35 Å². The van der Waals surface area contributed by atoms with Crippen LogP contribution in [0.2, 0.25) is 0 Å². The van der Waals surface area contributed by atoms with Gasteiger partial charge in [-0.25, -0.2) is 0 Å². The number of hydrogen-bond donors (Lipinski definition) is 4. The molecule has 0 radical (unpaired) electrons. The summed E-state index contributed by atoms with van der Waals surface area (Å²) in [5, 5.41) is 23.0. The fourth-order valence-electron chi connectivity index (χ4n) is 4.01. The Labute approximate surface area is 244 Å². The summed E-state index contributed by atoms with van der Waals surface area (Å²) < 4.78 is 32.1. The number of amides is 1. The number of hydrogen-bond acceptors (Lipinski definition) is 5. The minimum atomic E-state index is -4.45. The van der Waals surface area contributed by atoms with E-state index in [9.17, 15) is 28.0 Å². The van der Waals surface area contributed by atoms with E-state index in [2.05, 4.69) is 48.7 Å². The second kappa shape index (κ2) is 25.9. The van der Waals surface area contributed by atoms with Gasteiger partial charge in [-0.2, -0.15) is 8.42 Å². The molecule has 0 bridgehead atoms. The fourth-order valence-corrected chi connectivity index (χ4v) is 4.75. The van der Waals surface area contributed by atoms with Crippen LogP contribution in [0.15, 0.2) is 60.8 Å². The molecule has 0 spiro atoms. The average molecular weight is 582 g/mol. The fraction of sp³-hybridized carbons (Fsp3) is 0.656. The van der Waals surface area contributed by atoms with Gasteiger partial charge in [-0.05, 0) is 64.7 Å². The van der Waals surface area contributed by atoms with Gasteiger partial charge in [0.25, 0.3) is 10.1 Å². The number of nitrogens with one attached hydrogen (secondary N) is 1. The standard InChI is InChI=1S/C32H55NO6S/c1-3-5-7-9-11-13-14-15-16-17-19-21-23-25-27-31(35)32(36)33-29(28-40(37,38)39)30(34)26-24-22-20-18-12-10-8-6-4-2/h4,6,11-15,18,24,26,29-31,34-35H,3,5,7-10,16-17,19-23,25,27-28H2,1-2H3,(H,33,36)(H,37,38,39)/b6-4+,13-11-,15-14-,18-12+,26-24+. The third kappa shape index (κ3) is 25.0. The van der Waals surface area contributed by atoms with Gasteiger partial charge >= 0.3 is 0 Å². The van der Waals surface area contributed by atoms with Crippen LogP contribution in [0.1, 0.15) is 110 Å². The van der Waals surface area contributed by atoms with E-state index in [1.165, 1.54) is 25.3 Å². The molecule has 0 heterocycles. The third-order valence-corrected chi connectivity index (χ3v) is 7.15. The van der Waals surface area contributed by atoms with Crippen molar-refractivity contribution in [1.82, 2.24) is 5.32 Å². The lowest BCUT2D eigenvalue weighted by Gasteiger charge is -2.22. The van der Waals surface area contributed by atoms with Crippen LogP contribution in [0.4, 0.5) is 0 Å². The van der Waals surface area contributed by atoms with Crippen molar-refractivity contribution in [3.63, 3.8) is 0 Å². The van der Waals surface area contributed by atoms with Gasteiger partial charge in [-0.15, -0.1) is 0 Å². The second-order valence-corrected chi connectivity index (χ2v) is 11.7. The zero-order chi connectivity index (χ0) is 29.9. The molecule has 0 fully saturated rings. The molecule has 1 amide bonds. The highest BCUT2D eigenvalue weighted by molar-refractivity contribution is 7.85. The van der Waals surface area contributed by atoms with Crippen molar-refractivity contribution >= 4 is 16.0 Å². The average Bonchev–Trinajstić information content (AvgIpc) is 2.90. The SMILES string of the molecule is C/C=C/CC/C=C/CC/C=C/C(O)C(CS(=O)(=O)O)NC(=O)C(O)CCCCCCC/C=C\C=C/CCCCC. The summed E-state index contributed by atoms with van der Waals surface area (Å²) in [7, 11) is -4.45. The van der Waals surface area contributed by atoms with Crippen molar-refractivity contribution in [2.45, 2.75) is 128 Å². The Balaban J connectivity index is 4.31. The zero-order valence-electron chi connectivity index (χ0n) is 24.8. The number of carbonyl (C=O) groups excluding carboxylic acids is 1. The normalized spacial score (nSPS) is 15.2. The molecule has 0 aromatic rings. The maximum absolute atomic E-state index is 12.4. The molecule has 8 heteroatoms. The summed E-state index contributed by atoms with van der Waals surface area (Å²) in [4.78, 5) is 12.4. The quantitative estimate of drug-likeness (QED) is 0.0409. The molecule has 7 nitrogen and oxygen atoms in total. The van der Waals surface area contributed by atoms with Crippen molar-refractivity contribution in [2.75, 3.05) is 5.75 Å². The molecule has 4 N–H and O–H groups in total. The molecular formula is C32H55NO6S. The maximum atomic E-state index is 12.4. The van der Waals surface area contributed by atoms with Gasteiger partial charge in [0.1, 0.15) is 6.10 Å². The van der Waals surface area contributed by atoms with Crippen molar-refractivity contribution in [3.8, 4) is 0 Å². The molecule has 40 heavy (non-hydrogen) atoms. The summed E-state index contributed by atoms with van der Waals surface area (Å²) in [6, 6.07) is -1.26. The lowest BCUT2D eigenvalue weighted by atomic mass is 10.1. The van der Waals surface area contributed by atoms with Crippen LogP contribution >= 0.6 is 0 Å². The van der Waals surface area contributed by atoms with Crippen LogP contribution in [0.5, 0.6) is 0 Å². The Morgan fingerprint density at radius 3 is 1.90 bits per heavy atom. The first-order chi connectivity index (χ1) is 19.2. The first kappa shape index (κ1) is 38.0. The lowest BCUT2D eigenvalue weighted by Crippen LogP contribution is -2.50. The zero-order valence-corrected chi connectivity index (χ0v) is 25.6. The Hall–Kier alpha value is -2.00. The van der Waals surface area contributed by atoms with Crippen LogP contribution < -0.4 is 5.32 Å². The van der Waals surface area contributed by atoms with Crippen molar-refractivity contribution in [1.29, 1.82) is 0 Å². The lowest BCUT2D eigenvalue weighted by molar-refractivity contribution is -0.130. The van der Waals surface area contributed by atoms with Crippen LogP contribution in [0.3, 0.4) is 0 Å². The topological polar surface area (TPSA) is 124 Å². The Morgan fingerprint density at radius 1 is 0.750 bits per heavy atom. The highest BCUT2D eigenvalue weighted by atomic mass is 32.2. The number of unbranched alkanes of at least 4 members (excludes halogenated alkanes) is 10. The molecule has 230 valence electrons. The summed E-state index contributed by atoms with van der Waals surface area (Å²) in [5.41, 5.74) is 0. The summed E-state index contributed by atoms with van der Waals surface area (Å²) in [6.07, 6.45) is 31.6. The molecule has 0 rings (SSSR count). The maximum Gasteiger partial charge on any atom is 0.267 e. The number of rotatable bonds is 25. The summed E-state index contributed by atoms with van der Waals surface area (Å²) >= 11 is 0. The van der Waals surface area contributed by atoms with Gasteiger partial charge in [0, 0.05) is 0 Å². The van der Waals surface area contributed by atoms with Crippen molar-refractivity contribution in [2.24, 2.45) is 0 Å². The Kier molecular flexibility index (Phi) is 24.6. The number of aliphatic hydroxyl groups excluding tert-OH is 2. The van der Waals surface area contributed by atoms with E-state index in [1.807, 2.05) is 19.1 Å². The van der Waals surface area contributed by atoms with E-state index in [4.69, 9.17) is 0 Å². The van der Waals surface area contributed by atoms with Gasteiger partial charge in [0.05, 0.1) is 17.9 Å². The molecule has 0 aromatic heterocycles. The first-order valence-corrected chi connectivity index (χ1v) is 16.7. The van der Waals surface area contributed by atoms with Crippen LogP contribution in [-0.2, 0) is 14.9 Å². The van der Waals surface area contributed by atoms with Crippen LogP contribution in [0, 0.1) is 0 Å². The molecule has 0 aliphatic carbocycles. The molecule has 0 aromatic carbocycles. The number of aliphatic hydroxyl groups is 2. The van der Waals surface area contributed by atoms with Crippen LogP contribution in [-0.4, -0.2) is 53.1 Å². The monoisotopic (exact) mass is 581 g/mol. The first-order valence-electron chi connectivity index (χ1n) is 15.1. The molecule has 0 saturated carbocycles. The smallest absolute Gasteiger partial charge is 0.267 e. The number of carbonyl (C=O) groups is 1. The van der Waals surface area contributed by atoms with Gasteiger partial charge in [0.2, 0.25) is 5.91 Å². The third-order valence-electron chi connectivity index (χ3n) is 6.37. The molecule has 0 saturated heterocycles. The van der Waals surface area contributed by atoms with E-state index in [1.54, 1.807) is 6.08 Å². The molecular weight excluding hydrogens is 526 g/mol. The van der Waals surface area contributed by atoms with Gasteiger partial charge in [0.15, 0.2) is 0 Å². The highest BCUT2D eigenvalue weighted by Crippen LogP contribution is 2.11. The highest BCUT2D eigenvalue weighted by Gasteiger charge is 2.27. The van der Waals surface area contributed by atoms with E-state index in [0.29, 0.717) is 12.8 Å². The van der Waals surface area contributed by atoms with Gasteiger partial charge in [-0.1, -0.05) is 106 Å². The van der Waals surface area contributed by atoms with E-state index in [-0.39, 0.29) is 6.42 Å². The molecule has 0 aliphatic heterocycles. The van der Waals surface area contributed by atoms with E-state index < -0.39 is 40.0 Å². The predicted molar refractivity (Wildman–Crippen MR) is 167 cm³/mol. The minimum absolute atomic E-state index is 0.249. The number of allylic oxidation sites excluding steroid dienone is 9. The predicted octanol–water partition coefficient (Wildman–Crippen LogP) is 6.75. The molecule has 3 atom stereocenters. The second-order valence-electron chi connectivity index (χ2n) is 10.2. The summed E-state index contributed by atoms with van der Waals surface area (Å²) in [6.45, 7) is 4.19. The van der Waals surface area contributed by atoms with Crippen molar-refractivity contribution < 1.29 is 28.0 Å². The van der Waals surface area contributed by atoms with Crippen LogP contribution in [0.25, 0.3) is 0 Å². The van der Waals surface area contributed by atoms with E-state index >= 15 is 0 Å². The largest absolute Gasteiger partial charge is 0.387 e. The molecule has 0 aliphatic rings. The molecule has 3 unspecified atom stereocenters. The van der Waals surface area contributed by atoms with Gasteiger partial charge < -0.3 is 15.5 Å². The summed E-state index contributed by atoms with van der Waals surface area (Å²) in [5.74, 6) is -1.59. The Bertz CT molecular complexity index is 876. The van der Waals surface area contributed by atoms with Crippen molar-refractivity contribution in [3.05, 3.63) is 60.8 Å².